The van der Waals surface area contributed by atoms with E-state index in [0.29, 0.717) is 5.92 Å². The van der Waals surface area contributed by atoms with Crippen molar-refractivity contribution >= 4 is 11.5 Å². The monoisotopic (exact) mass is 157 g/mol. The summed E-state index contributed by atoms with van der Waals surface area (Å²) >= 11 is 1.39. The maximum absolute atomic E-state index is 5.39. The Bertz CT molecular complexity index is 173. The van der Waals surface area contributed by atoms with Crippen molar-refractivity contribution in [3.05, 3.63) is 11.1 Å². The van der Waals surface area contributed by atoms with Crippen LogP contribution >= 0.6 is 11.5 Å². The maximum Gasteiger partial charge on any atom is 0.0784 e. The van der Waals surface area contributed by atoms with Crippen LogP contribution in [0.5, 0.6) is 0 Å². The van der Waals surface area contributed by atoms with Crippen molar-refractivity contribution in [2.45, 2.75) is 19.3 Å². The number of aromatic nitrogens is 2. The summed E-state index contributed by atoms with van der Waals surface area (Å²) in [5.41, 5.74) is 6.46. The van der Waals surface area contributed by atoms with Gasteiger partial charge < -0.3 is 5.73 Å². The fourth-order valence-electron chi connectivity index (χ4n) is 0.784. The summed E-state index contributed by atoms with van der Waals surface area (Å²) in [4.78, 5) is 0. The van der Waals surface area contributed by atoms with Crippen molar-refractivity contribution in [1.82, 2.24) is 9.59 Å². The average molecular weight is 157 g/mol. The minimum absolute atomic E-state index is 0.462. The molecule has 0 aliphatic carbocycles. The van der Waals surface area contributed by atoms with Crippen LogP contribution in [-0.4, -0.2) is 16.1 Å². The summed E-state index contributed by atoms with van der Waals surface area (Å²) in [7, 11) is 0. The number of rotatable bonds is 3. The molecule has 0 radical (unpaired) electrons. The van der Waals surface area contributed by atoms with Crippen LogP contribution in [0.3, 0.4) is 0 Å². The molecule has 1 heterocycles. The van der Waals surface area contributed by atoms with E-state index in [-0.39, 0.29) is 0 Å². The molecule has 0 saturated carbocycles. The zero-order valence-corrected chi connectivity index (χ0v) is 6.77. The van der Waals surface area contributed by atoms with Crippen LogP contribution in [0, 0.1) is 0 Å². The molecule has 56 valence electrons. The molecule has 0 aliphatic rings. The lowest BCUT2D eigenvalue weighted by Crippen LogP contribution is -2.04. The minimum atomic E-state index is 0.462. The van der Waals surface area contributed by atoms with Crippen LogP contribution in [0.2, 0.25) is 0 Å². The zero-order valence-electron chi connectivity index (χ0n) is 5.95. The topological polar surface area (TPSA) is 51.8 Å². The Balaban J connectivity index is 2.50. The number of nitrogens with two attached hydrogens (primary N) is 1. The Morgan fingerprint density at radius 1 is 1.80 bits per heavy atom. The van der Waals surface area contributed by atoms with Crippen LogP contribution < -0.4 is 5.73 Å². The quantitative estimate of drug-likeness (QED) is 0.712. The first-order valence-electron chi connectivity index (χ1n) is 3.31. The van der Waals surface area contributed by atoms with Gasteiger partial charge in [0.1, 0.15) is 0 Å². The van der Waals surface area contributed by atoms with Gasteiger partial charge >= 0.3 is 0 Å². The van der Waals surface area contributed by atoms with E-state index in [9.17, 15) is 0 Å². The summed E-state index contributed by atoms with van der Waals surface area (Å²) in [6, 6.07) is 0. The van der Waals surface area contributed by atoms with Gasteiger partial charge in [0.15, 0.2) is 0 Å². The van der Waals surface area contributed by atoms with Crippen LogP contribution in [0.4, 0.5) is 0 Å². The van der Waals surface area contributed by atoms with Crippen molar-refractivity contribution in [3.8, 4) is 0 Å². The highest BCUT2D eigenvalue weighted by molar-refractivity contribution is 7.03. The smallest absolute Gasteiger partial charge is 0.0784 e. The molecule has 1 atom stereocenters. The van der Waals surface area contributed by atoms with E-state index in [4.69, 9.17) is 5.73 Å². The highest BCUT2D eigenvalue weighted by Gasteiger charge is 2.05. The van der Waals surface area contributed by atoms with E-state index in [0.717, 1.165) is 18.7 Å². The molecule has 0 saturated heterocycles. The van der Waals surface area contributed by atoms with Gasteiger partial charge in [0, 0.05) is 11.3 Å². The van der Waals surface area contributed by atoms with Crippen molar-refractivity contribution in [2.24, 2.45) is 5.73 Å². The van der Waals surface area contributed by atoms with E-state index >= 15 is 0 Å². The predicted octanol–water partition coefficient (Wildman–Crippen LogP) is 0.990. The Labute approximate surface area is 64.4 Å². The maximum atomic E-state index is 5.39. The van der Waals surface area contributed by atoms with E-state index in [1.54, 1.807) is 0 Å². The van der Waals surface area contributed by atoms with Crippen molar-refractivity contribution in [3.63, 3.8) is 0 Å². The van der Waals surface area contributed by atoms with Gasteiger partial charge in [-0.15, -0.1) is 5.10 Å². The van der Waals surface area contributed by atoms with Gasteiger partial charge in [-0.25, -0.2) is 0 Å². The van der Waals surface area contributed by atoms with Gasteiger partial charge in [-0.1, -0.05) is 11.4 Å². The fourth-order valence-corrected chi connectivity index (χ4v) is 1.36. The van der Waals surface area contributed by atoms with Gasteiger partial charge in [0.2, 0.25) is 0 Å². The van der Waals surface area contributed by atoms with Gasteiger partial charge in [-0.3, -0.25) is 0 Å². The third kappa shape index (κ3) is 1.75. The standard InChI is InChI=1S/C6H11N3S/c1-5(2-3-7)6-4-10-9-8-6/h4-5H,2-3,7H2,1H3. The molecule has 1 unspecified atom stereocenters. The summed E-state index contributed by atoms with van der Waals surface area (Å²) in [6.45, 7) is 2.84. The molecule has 10 heavy (non-hydrogen) atoms. The third-order valence-corrected chi connectivity index (χ3v) is 2.00. The molecule has 0 aromatic carbocycles. The molecular weight excluding hydrogens is 146 g/mol. The molecule has 1 aromatic rings. The normalized spacial score (nSPS) is 13.4. The fraction of sp³-hybridized carbons (Fsp3) is 0.667. The van der Waals surface area contributed by atoms with Gasteiger partial charge in [-0.05, 0) is 24.5 Å². The van der Waals surface area contributed by atoms with Crippen LogP contribution in [0.1, 0.15) is 25.0 Å². The number of hydrogen-bond donors (Lipinski definition) is 1. The Morgan fingerprint density at radius 3 is 3.10 bits per heavy atom. The predicted molar refractivity (Wildman–Crippen MR) is 42.0 cm³/mol. The minimum Gasteiger partial charge on any atom is -0.330 e. The second-order valence-corrected chi connectivity index (χ2v) is 2.92. The highest BCUT2D eigenvalue weighted by atomic mass is 32.1. The molecule has 1 aromatic heterocycles. The van der Waals surface area contributed by atoms with Crippen molar-refractivity contribution in [2.75, 3.05) is 6.54 Å². The summed E-state index contributed by atoms with van der Waals surface area (Å²) in [5, 5.41) is 5.92. The molecule has 1 rings (SSSR count). The molecule has 0 fully saturated rings. The molecule has 0 spiro atoms. The lowest BCUT2D eigenvalue weighted by Gasteiger charge is -2.03. The summed E-state index contributed by atoms with van der Waals surface area (Å²) in [6.07, 6.45) is 0.991. The van der Waals surface area contributed by atoms with E-state index in [1.807, 2.05) is 5.38 Å². The second-order valence-electron chi connectivity index (χ2n) is 2.31. The molecular formula is C6H11N3S. The number of nitrogens with zero attached hydrogens (tertiary/aromatic N) is 2. The van der Waals surface area contributed by atoms with E-state index in [1.165, 1.54) is 11.5 Å². The summed E-state index contributed by atoms with van der Waals surface area (Å²) in [5.74, 6) is 0.462. The third-order valence-electron chi connectivity index (χ3n) is 1.48. The SMILES string of the molecule is CC(CCN)c1csnn1. The van der Waals surface area contributed by atoms with Crippen molar-refractivity contribution < 1.29 is 0 Å². The van der Waals surface area contributed by atoms with Crippen LogP contribution in [-0.2, 0) is 0 Å². The zero-order chi connectivity index (χ0) is 7.40. The molecule has 0 aliphatic heterocycles. The van der Waals surface area contributed by atoms with Crippen molar-refractivity contribution in [1.29, 1.82) is 0 Å². The lowest BCUT2D eigenvalue weighted by molar-refractivity contribution is 0.667. The number of hydrogen-bond acceptors (Lipinski definition) is 4. The second kappa shape index (κ2) is 3.63. The van der Waals surface area contributed by atoms with Gasteiger partial charge in [-0.2, -0.15) is 0 Å². The first kappa shape index (κ1) is 7.63. The van der Waals surface area contributed by atoms with E-state index < -0.39 is 0 Å². The summed E-state index contributed by atoms with van der Waals surface area (Å²) < 4.78 is 3.78. The lowest BCUT2D eigenvalue weighted by atomic mass is 10.1. The molecule has 0 bridgehead atoms. The molecule has 4 heteroatoms. The Kier molecular flexibility index (Phi) is 2.77. The van der Waals surface area contributed by atoms with Crippen LogP contribution in [0.25, 0.3) is 0 Å². The largest absolute Gasteiger partial charge is 0.330 e. The Morgan fingerprint density at radius 2 is 2.60 bits per heavy atom. The van der Waals surface area contributed by atoms with E-state index in [2.05, 4.69) is 16.5 Å². The molecule has 0 amide bonds. The first-order chi connectivity index (χ1) is 4.84. The average Bonchev–Trinajstić information content (AvgIpc) is 2.38. The van der Waals surface area contributed by atoms with Gasteiger partial charge in [0.25, 0.3) is 0 Å². The molecule has 3 nitrogen and oxygen atoms in total. The first-order valence-corrected chi connectivity index (χ1v) is 4.15. The molecule has 2 N–H and O–H groups in total. The Hall–Kier alpha value is -0.480. The highest BCUT2D eigenvalue weighted by Crippen LogP contribution is 2.15. The van der Waals surface area contributed by atoms with Gasteiger partial charge in [0.05, 0.1) is 5.69 Å². The van der Waals surface area contributed by atoms with Crippen LogP contribution in [0.15, 0.2) is 5.38 Å².